The van der Waals surface area contributed by atoms with E-state index >= 15 is 0 Å². The molecule has 29 heavy (non-hydrogen) atoms. The number of pyridine rings is 1. The standard InChI is InChI=1S/C19H16FN3O6/c1-4-28-19(24)17-8-16(23(26)27)14(9-22(17)25)13-6-5-12(7-15(13)20)18-10(2)21-29-11(18)3/h5-9H,4H2,1-3H3. The van der Waals surface area contributed by atoms with Crippen LogP contribution < -0.4 is 4.73 Å². The summed E-state index contributed by atoms with van der Waals surface area (Å²) >= 11 is 0. The van der Waals surface area contributed by atoms with Crippen molar-refractivity contribution in [1.29, 1.82) is 0 Å². The molecule has 0 spiro atoms. The van der Waals surface area contributed by atoms with E-state index in [1.54, 1.807) is 19.9 Å². The summed E-state index contributed by atoms with van der Waals surface area (Å²) in [4.78, 5) is 22.5. The van der Waals surface area contributed by atoms with Crippen molar-refractivity contribution >= 4 is 11.7 Å². The van der Waals surface area contributed by atoms with Gasteiger partial charge in [0, 0.05) is 11.1 Å². The monoisotopic (exact) mass is 401 g/mol. The number of carbonyl (C=O) groups is 1. The molecule has 0 bridgehead atoms. The van der Waals surface area contributed by atoms with Crippen LogP contribution in [0.3, 0.4) is 0 Å². The van der Waals surface area contributed by atoms with Crippen LogP contribution in [0.5, 0.6) is 0 Å². The highest BCUT2D eigenvalue weighted by atomic mass is 19.1. The lowest BCUT2D eigenvalue weighted by Gasteiger charge is -2.09. The minimum atomic E-state index is -1.01. The molecule has 1 aromatic carbocycles. The number of ether oxygens (including phenoxy) is 1. The molecule has 9 nitrogen and oxygen atoms in total. The Morgan fingerprint density at radius 2 is 2.03 bits per heavy atom. The molecule has 3 rings (SSSR count). The minimum absolute atomic E-state index is 0.00776. The third-order valence-corrected chi connectivity index (χ3v) is 4.30. The first-order valence-corrected chi connectivity index (χ1v) is 8.56. The molecular weight excluding hydrogens is 385 g/mol. The van der Waals surface area contributed by atoms with Crippen LogP contribution in [0.1, 0.15) is 28.9 Å². The number of carbonyl (C=O) groups excluding carboxylic acids is 1. The van der Waals surface area contributed by atoms with Crippen molar-refractivity contribution in [1.82, 2.24) is 5.16 Å². The summed E-state index contributed by atoms with van der Waals surface area (Å²) in [5.74, 6) is -1.29. The molecule has 0 fully saturated rings. The smallest absolute Gasteiger partial charge is 0.405 e. The Hall–Kier alpha value is -3.82. The highest BCUT2D eigenvalue weighted by molar-refractivity contribution is 5.88. The van der Waals surface area contributed by atoms with Crippen LogP contribution >= 0.6 is 0 Å². The van der Waals surface area contributed by atoms with E-state index in [4.69, 9.17) is 9.26 Å². The highest BCUT2D eigenvalue weighted by Crippen LogP contribution is 2.35. The fraction of sp³-hybridized carbons (Fsp3) is 0.211. The first-order chi connectivity index (χ1) is 13.7. The van der Waals surface area contributed by atoms with Gasteiger partial charge in [0.1, 0.15) is 17.1 Å². The maximum Gasteiger partial charge on any atom is 0.405 e. The SMILES string of the molecule is CCOC(=O)c1cc([N+](=O)[O-])c(-c2ccc(-c3c(C)noc3C)cc2F)c[n+]1[O-]. The second kappa shape index (κ2) is 7.66. The Morgan fingerprint density at radius 3 is 2.59 bits per heavy atom. The summed E-state index contributed by atoms with van der Waals surface area (Å²) in [5.41, 5.74) is 0.0777. The van der Waals surface area contributed by atoms with Crippen LogP contribution in [0.25, 0.3) is 22.3 Å². The second-order valence-electron chi connectivity index (χ2n) is 6.15. The van der Waals surface area contributed by atoms with Crippen LogP contribution in [0.4, 0.5) is 10.1 Å². The van der Waals surface area contributed by atoms with Crippen LogP contribution in [-0.4, -0.2) is 22.7 Å². The number of aromatic nitrogens is 2. The van der Waals surface area contributed by atoms with Gasteiger partial charge in [0.25, 0.3) is 5.69 Å². The number of aryl methyl sites for hydroxylation is 2. The summed E-state index contributed by atoms with van der Waals surface area (Å²) < 4.78 is 24.8. The molecule has 0 aliphatic rings. The van der Waals surface area contributed by atoms with Crippen LogP contribution in [0.2, 0.25) is 0 Å². The van der Waals surface area contributed by atoms with E-state index in [1.807, 2.05) is 0 Å². The summed E-state index contributed by atoms with van der Waals surface area (Å²) in [6, 6.07) is 4.83. The van der Waals surface area contributed by atoms with Gasteiger partial charge < -0.3 is 14.5 Å². The number of esters is 1. The topological polar surface area (TPSA) is 122 Å². The normalized spacial score (nSPS) is 10.8. The predicted molar refractivity (Wildman–Crippen MR) is 98.4 cm³/mol. The molecule has 0 unspecified atom stereocenters. The maximum atomic E-state index is 14.9. The summed E-state index contributed by atoms with van der Waals surface area (Å²) in [6.07, 6.45) is 0.790. The van der Waals surface area contributed by atoms with Gasteiger partial charge in [0.2, 0.25) is 0 Å². The van der Waals surface area contributed by atoms with E-state index in [1.165, 1.54) is 19.1 Å². The lowest BCUT2D eigenvalue weighted by atomic mass is 9.98. The molecule has 2 aromatic heterocycles. The fourth-order valence-corrected chi connectivity index (χ4v) is 3.02. The number of halogens is 1. The zero-order valence-electron chi connectivity index (χ0n) is 15.8. The number of rotatable bonds is 5. The van der Waals surface area contributed by atoms with Crippen molar-refractivity contribution < 1.29 is 28.1 Å². The van der Waals surface area contributed by atoms with Gasteiger partial charge in [-0.1, -0.05) is 17.3 Å². The summed E-state index contributed by atoms with van der Waals surface area (Å²) in [7, 11) is 0. The number of nitro groups is 1. The van der Waals surface area contributed by atoms with Crippen molar-refractivity contribution in [2.45, 2.75) is 20.8 Å². The predicted octanol–water partition coefficient (Wildman–Crippen LogP) is 3.48. The van der Waals surface area contributed by atoms with Crippen molar-refractivity contribution in [3.8, 4) is 22.3 Å². The third kappa shape index (κ3) is 3.64. The fourth-order valence-electron chi connectivity index (χ4n) is 3.02. The third-order valence-electron chi connectivity index (χ3n) is 4.30. The van der Waals surface area contributed by atoms with Crippen LogP contribution in [0, 0.1) is 35.0 Å². The van der Waals surface area contributed by atoms with Gasteiger partial charge in [0.15, 0.2) is 6.20 Å². The lowest BCUT2D eigenvalue weighted by molar-refractivity contribution is -0.608. The Bertz CT molecular complexity index is 1110. The quantitative estimate of drug-likeness (QED) is 0.211. The van der Waals surface area contributed by atoms with E-state index in [-0.39, 0.29) is 22.5 Å². The molecule has 0 radical (unpaired) electrons. The van der Waals surface area contributed by atoms with E-state index in [2.05, 4.69) is 5.16 Å². The van der Waals surface area contributed by atoms with Crippen LogP contribution in [0.15, 0.2) is 35.0 Å². The van der Waals surface area contributed by atoms with Gasteiger partial charge in [-0.2, -0.15) is 4.73 Å². The van der Waals surface area contributed by atoms with E-state index in [0.717, 1.165) is 12.3 Å². The number of hydrogen-bond acceptors (Lipinski definition) is 7. The van der Waals surface area contributed by atoms with Gasteiger partial charge in [0.05, 0.1) is 23.3 Å². The highest BCUT2D eigenvalue weighted by Gasteiger charge is 2.29. The van der Waals surface area contributed by atoms with E-state index in [9.17, 15) is 24.5 Å². The first-order valence-electron chi connectivity index (χ1n) is 8.56. The Labute approximate surface area is 164 Å². The summed E-state index contributed by atoms with van der Waals surface area (Å²) in [5, 5.41) is 27.5. The van der Waals surface area contributed by atoms with E-state index < -0.39 is 28.1 Å². The van der Waals surface area contributed by atoms with Crippen molar-refractivity contribution in [3.05, 3.63) is 68.7 Å². The second-order valence-corrected chi connectivity index (χ2v) is 6.15. The average molecular weight is 401 g/mol. The maximum absolute atomic E-state index is 14.9. The zero-order valence-corrected chi connectivity index (χ0v) is 15.8. The van der Waals surface area contributed by atoms with Crippen molar-refractivity contribution in [2.75, 3.05) is 6.61 Å². The number of nitrogens with zero attached hydrogens (tertiary/aromatic N) is 3. The Morgan fingerprint density at radius 1 is 1.31 bits per heavy atom. The minimum Gasteiger partial charge on any atom is -0.618 e. The van der Waals surface area contributed by atoms with Crippen molar-refractivity contribution in [3.63, 3.8) is 0 Å². The molecule has 0 aliphatic heterocycles. The molecule has 0 saturated heterocycles. The molecule has 0 atom stereocenters. The molecule has 0 aliphatic carbocycles. The van der Waals surface area contributed by atoms with Gasteiger partial charge in [-0.3, -0.25) is 10.1 Å². The number of benzene rings is 1. The molecule has 0 N–H and O–H groups in total. The largest absolute Gasteiger partial charge is 0.618 e. The molecule has 10 heteroatoms. The van der Waals surface area contributed by atoms with Gasteiger partial charge in [-0.25, -0.2) is 9.18 Å². The van der Waals surface area contributed by atoms with Gasteiger partial charge >= 0.3 is 11.7 Å². The molecule has 0 saturated carbocycles. The first kappa shape index (κ1) is 19.9. The lowest BCUT2D eigenvalue weighted by Crippen LogP contribution is -2.35. The molecular formula is C19H16FN3O6. The summed E-state index contributed by atoms with van der Waals surface area (Å²) in [6.45, 7) is 4.91. The molecule has 3 aromatic rings. The van der Waals surface area contributed by atoms with Crippen molar-refractivity contribution in [2.24, 2.45) is 0 Å². The molecule has 0 amide bonds. The van der Waals surface area contributed by atoms with Gasteiger partial charge in [-0.05, 0) is 32.4 Å². The zero-order chi connectivity index (χ0) is 21.3. The van der Waals surface area contributed by atoms with E-state index in [0.29, 0.717) is 22.6 Å². The number of hydrogen-bond donors (Lipinski definition) is 0. The van der Waals surface area contributed by atoms with Gasteiger partial charge in [-0.15, -0.1) is 0 Å². The average Bonchev–Trinajstić information content (AvgIpc) is 2.99. The Balaban J connectivity index is 2.14. The molecule has 150 valence electrons. The molecule has 2 heterocycles. The van der Waals surface area contributed by atoms with Crippen LogP contribution in [-0.2, 0) is 4.74 Å². The Kier molecular flexibility index (Phi) is 5.26.